The van der Waals surface area contributed by atoms with E-state index in [1.807, 2.05) is 6.07 Å². The average molecular weight is 249 g/mol. The quantitative estimate of drug-likeness (QED) is 0.515. The van der Waals surface area contributed by atoms with Crippen LogP contribution >= 0.6 is 11.6 Å². The summed E-state index contributed by atoms with van der Waals surface area (Å²) in [4.78, 5) is 0.282. The van der Waals surface area contributed by atoms with Gasteiger partial charge in [-0.25, -0.2) is 0 Å². The van der Waals surface area contributed by atoms with Gasteiger partial charge in [-0.3, -0.25) is 4.21 Å². The van der Waals surface area contributed by atoms with Gasteiger partial charge in [0.05, 0.1) is 0 Å². The van der Waals surface area contributed by atoms with Gasteiger partial charge in [-0.15, -0.1) is 0 Å². The normalized spacial score (nSPS) is 12.1. The molecule has 0 aliphatic heterocycles. The number of benzene rings is 2. The van der Waals surface area contributed by atoms with Crippen molar-refractivity contribution >= 4 is 33.5 Å². The van der Waals surface area contributed by atoms with Crippen LogP contribution in [0.5, 0.6) is 0 Å². The fourth-order valence-electron chi connectivity index (χ4n) is 1.38. The summed E-state index contributed by atoms with van der Waals surface area (Å²) in [7, 11) is 0. The molecular weight excluding hydrogens is 243 g/mol. The summed E-state index contributed by atoms with van der Waals surface area (Å²) < 4.78 is 21.8. The zero-order chi connectivity index (χ0) is 10.1. The number of hydrogen-bond acceptors (Lipinski definition) is 2. The van der Waals surface area contributed by atoms with E-state index in [2.05, 4.69) is 0 Å². The molecule has 0 fully saturated rings. The molecule has 0 aromatic heterocycles. The Hall–Kier alpha value is 0.100. The molecule has 2 aromatic carbocycles. The largest absolute Gasteiger partial charge is 1.00 e. The molecule has 0 spiro atoms. The van der Waals surface area contributed by atoms with Gasteiger partial charge >= 0.3 is 29.6 Å². The summed E-state index contributed by atoms with van der Waals surface area (Å²) in [5.74, 6) is 0. The Labute approximate surface area is 117 Å². The molecule has 0 N–H and O–H groups in total. The summed E-state index contributed by atoms with van der Waals surface area (Å²) in [6.45, 7) is 0. The van der Waals surface area contributed by atoms with Crippen LogP contribution in [0.4, 0.5) is 0 Å². The van der Waals surface area contributed by atoms with E-state index in [4.69, 9.17) is 11.6 Å². The van der Waals surface area contributed by atoms with Crippen LogP contribution in [0.25, 0.3) is 10.8 Å². The van der Waals surface area contributed by atoms with Gasteiger partial charge in [0.25, 0.3) is 0 Å². The molecule has 0 heterocycles. The van der Waals surface area contributed by atoms with Gasteiger partial charge in [-0.2, -0.15) is 0 Å². The first-order chi connectivity index (χ1) is 6.70. The van der Waals surface area contributed by atoms with Crippen molar-refractivity contribution in [2.45, 2.75) is 4.90 Å². The standard InChI is InChI=1S/C10H7ClO2S.Na/c11-9-5-6-10(14(12)13)8-4-2-1-3-7(8)9;/h1-6H,(H,12,13);/q;+1/p-1. The van der Waals surface area contributed by atoms with E-state index in [1.54, 1.807) is 24.3 Å². The zero-order valence-electron chi connectivity index (χ0n) is 8.07. The van der Waals surface area contributed by atoms with E-state index >= 15 is 0 Å². The molecule has 1 unspecified atom stereocenters. The Kier molecular flexibility index (Phi) is 4.77. The average Bonchev–Trinajstić information content (AvgIpc) is 2.18. The zero-order valence-corrected chi connectivity index (χ0v) is 11.6. The van der Waals surface area contributed by atoms with Gasteiger partial charge < -0.3 is 4.55 Å². The van der Waals surface area contributed by atoms with Crippen LogP contribution in [0.15, 0.2) is 41.3 Å². The van der Waals surface area contributed by atoms with Gasteiger partial charge in [-0.05, 0) is 28.6 Å². The molecule has 0 radical (unpaired) electrons. The number of fused-ring (bicyclic) bond motifs is 1. The monoisotopic (exact) mass is 248 g/mol. The van der Waals surface area contributed by atoms with Crippen LogP contribution in [0.2, 0.25) is 5.02 Å². The van der Waals surface area contributed by atoms with Gasteiger partial charge in [0.2, 0.25) is 0 Å². The predicted molar refractivity (Wildman–Crippen MR) is 56.1 cm³/mol. The van der Waals surface area contributed by atoms with E-state index in [0.29, 0.717) is 10.4 Å². The molecule has 2 rings (SSSR count). The van der Waals surface area contributed by atoms with Gasteiger partial charge in [-0.1, -0.05) is 35.9 Å². The molecule has 0 aliphatic rings. The van der Waals surface area contributed by atoms with Crippen LogP contribution in [-0.4, -0.2) is 8.76 Å². The molecular formula is C10H6ClNaO2S. The minimum Gasteiger partial charge on any atom is -0.768 e. The fraction of sp³-hybridized carbons (Fsp3) is 0. The van der Waals surface area contributed by atoms with Crippen LogP contribution in [0.3, 0.4) is 0 Å². The Morgan fingerprint density at radius 1 is 1.07 bits per heavy atom. The summed E-state index contributed by atoms with van der Waals surface area (Å²) >= 11 is 3.71. The Morgan fingerprint density at radius 3 is 2.27 bits per heavy atom. The summed E-state index contributed by atoms with van der Waals surface area (Å²) in [5.41, 5.74) is 0. The maximum atomic E-state index is 10.9. The third kappa shape index (κ3) is 2.61. The van der Waals surface area contributed by atoms with E-state index in [1.165, 1.54) is 6.07 Å². The fourth-order valence-corrected chi connectivity index (χ4v) is 2.14. The van der Waals surface area contributed by atoms with Gasteiger partial charge in [0.15, 0.2) is 0 Å². The second-order valence-electron chi connectivity index (χ2n) is 2.83. The second kappa shape index (κ2) is 5.43. The van der Waals surface area contributed by atoms with Crippen molar-refractivity contribution < 1.29 is 38.3 Å². The smallest absolute Gasteiger partial charge is 0.768 e. The van der Waals surface area contributed by atoms with Crippen LogP contribution in [0, 0.1) is 0 Å². The van der Waals surface area contributed by atoms with E-state index in [9.17, 15) is 8.76 Å². The van der Waals surface area contributed by atoms with Crippen molar-refractivity contribution in [3.05, 3.63) is 41.4 Å². The molecule has 15 heavy (non-hydrogen) atoms. The van der Waals surface area contributed by atoms with E-state index in [0.717, 1.165) is 5.39 Å². The third-order valence-electron chi connectivity index (χ3n) is 2.01. The summed E-state index contributed by atoms with van der Waals surface area (Å²) in [6, 6.07) is 10.3. The first kappa shape index (κ1) is 13.2. The van der Waals surface area contributed by atoms with Crippen molar-refractivity contribution in [2.24, 2.45) is 0 Å². The molecule has 0 bridgehead atoms. The van der Waals surface area contributed by atoms with Gasteiger partial charge in [0.1, 0.15) is 0 Å². The number of halogens is 1. The molecule has 72 valence electrons. The number of rotatable bonds is 1. The van der Waals surface area contributed by atoms with Crippen molar-refractivity contribution in [2.75, 3.05) is 0 Å². The Morgan fingerprint density at radius 2 is 1.67 bits per heavy atom. The Balaban J connectivity index is 0.00000112. The molecule has 0 saturated carbocycles. The van der Waals surface area contributed by atoms with Crippen molar-refractivity contribution in [1.29, 1.82) is 0 Å². The topological polar surface area (TPSA) is 40.1 Å². The third-order valence-corrected chi connectivity index (χ3v) is 3.06. The second-order valence-corrected chi connectivity index (χ2v) is 4.14. The molecule has 1 atom stereocenters. The molecule has 2 aromatic rings. The molecule has 0 saturated heterocycles. The maximum Gasteiger partial charge on any atom is 1.00 e. The van der Waals surface area contributed by atoms with Crippen molar-refractivity contribution in [3.8, 4) is 0 Å². The summed E-state index contributed by atoms with van der Waals surface area (Å²) in [5, 5.41) is 1.99. The number of hydrogen-bond donors (Lipinski definition) is 0. The van der Waals surface area contributed by atoms with Crippen molar-refractivity contribution in [1.82, 2.24) is 0 Å². The molecule has 0 amide bonds. The predicted octanol–water partition coefficient (Wildman–Crippen LogP) is -0.265. The molecule has 2 nitrogen and oxygen atoms in total. The minimum absolute atomic E-state index is 0. The van der Waals surface area contributed by atoms with Crippen LogP contribution < -0.4 is 29.6 Å². The van der Waals surface area contributed by atoms with E-state index in [-0.39, 0.29) is 34.5 Å². The van der Waals surface area contributed by atoms with Gasteiger partial charge in [0, 0.05) is 15.3 Å². The van der Waals surface area contributed by atoms with Crippen LogP contribution in [-0.2, 0) is 11.1 Å². The molecule has 5 heteroatoms. The van der Waals surface area contributed by atoms with Crippen LogP contribution in [0.1, 0.15) is 0 Å². The maximum absolute atomic E-state index is 10.9. The minimum atomic E-state index is -2.22. The molecule has 0 aliphatic carbocycles. The van der Waals surface area contributed by atoms with E-state index < -0.39 is 11.1 Å². The first-order valence-corrected chi connectivity index (χ1v) is 5.42. The first-order valence-electron chi connectivity index (χ1n) is 3.96. The SMILES string of the molecule is O=S([O-])c1ccc(Cl)c2ccccc12.[Na+]. The summed E-state index contributed by atoms with van der Waals surface area (Å²) in [6.07, 6.45) is 0. The Bertz CT molecular complexity index is 516. The van der Waals surface area contributed by atoms with Crippen molar-refractivity contribution in [3.63, 3.8) is 0 Å².